The van der Waals surface area contributed by atoms with Gasteiger partial charge in [-0.3, -0.25) is 9.59 Å². The molecule has 0 aliphatic rings. The summed E-state index contributed by atoms with van der Waals surface area (Å²) in [5.41, 5.74) is 0. The summed E-state index contributed by atoms with van der Waals surface area (Å²) in [6.07, 6.45) is 87.4. The molecule has 0 bridgehead atoms. The quantitative estimate of drug-likeness (QED) is 0.0374. The number of rotatable bonds is 52. The van der Waals surface area contributed by atoms with E-state index in [0.717, 1.165) is 103 Å². The first kappa shape index (κ1) is 66.3. The number of allylic oxidation sites excluding steroid dienone is 20. The van der Waals surface area contributed by atoms with Crippen LogP contribution in [0.3, 0.4) is 0 Å². The molecule has 5 nitrogen and oxygen atoms in total. The average Bonchev–Trinajstić information content (AvgIpc) is 3.36. The molecule has 5 heteroatoms. The predicted molar refractivity (Wildman–Crippen MR) is 306 cm³/mol. The summed E-state index contributed by atoms with van der Waals surface area (Å²) in [7, 11) is 0. The van der Waals surface area contributed by atoms with Gasteiger partial charge >= 0.3 is 11.9 Å². The standard InChI is InChI=1S/C65H108O5/c1-3-5-7-9-11-13-15-17-19-21-23-24-25-26-27-28-29-30-31-32-33-34-35-36-37-38-39-40-42-44-46-48-50-52-54-56-58-60-65(68)70-63(61-66)62-69-64(67)59-57-55-53-51-49-47-45-43-41-22-20-18-16-14-12-10-8-6-4-2/h5,7,11,13,17-20,23-24,26-27,29-30,32-33,35-36,38-39,63,66H,3-4,6,8-10,12,14-16,21-22,25,28,31,34,37,40-62H2,1-2H3/b7-5-,13-11-,19-17-,20-18-,24-23-,27-26-,30-29-,33-32-,36-35-,39-38-. The molecule has 0 rings (SSSR count). The van der Waals surface area contributed by atoms with Gasteiger partial charge in [-0.2, -0.15) is 0 Å². The van der Waals surface area contributed by atoms with Crippen LogP contribution in [0.4, 0.5) is 0 Å². The van der Waals surface area contributed by atoms with Crippen LogP contribution in [0.1, 0.15) is 258 Å². The topological polar surface area (TPSA) is 72.8 Å². The Morgan fingerprint density at radius 3 is 0.943 bits per heavy atom. The highest BCUT2D eigenvalue weighted by molar-refractivity contribution is 5.70. The van der Waals surface area contributed by atoms with E-state index in [4.69, 9.17) is 9.47 Å². The molecule has 0 aromatic rings. The molecule has 0 radical (unpaired) electrons. The molecular formula is C65H108O5. The predicted octanol–water partition coefficient (Wildman–Crippen LogP) is 19.9. The van der Waals surface area contributed by atoms with Gasteiger partial charge in [-0.1, -0.05) is 257 Å². The van der Waals surface area contributed by atoms with E-state index in [1.165, 1.54) is 128 Å². The zero-order valence-corrected chi connectivity index (χ0v) is 45.5. The van der Waals surface area contributed by atoms with E-state index < -0.39 is 6.10 Å². The number of aliphatic hydroxyl groups is 1. The highest BCUT2D eigenvalue weighted by Gasteiger charge is 2.16. The fraction of sp³-hybridized carbons (Fsp3) is 0.662. The second-order valence-electron chi connectivity index (χ2n) is 19.0. The largest absolute Gasteiger partial charge is 0.462 e. The van der Waals surface area contributed by atoms with E-state index in [9.17, 15) is 14.7 Å². The molecule has 398 valence electrons. The van der Waals surface area contributed by atoms with E-state index in [1.54, 1.807) is 0 Å². The molecule has 1 atom stereocenters. The Balaban J connectivity index is 3.58. The van der Waals surface area contributed by atoms with Crippen LogP contribution in [0.2, 0.25) is 0 Å². The number of unbranched alkanes of at least 4 members (excludes halogenated alkanes) is 24. The van der Waals surface area contributed by atoms with Gasteiger partial charge < -0.3 is 14.6 Å². The van der Waals surface area contributed by atoms with Crippen molar-refractivity contribution in [2.24, 2.45) is 0 Å². The van der Waals surface area contributed by atoms with Crippen LogP contribution in [-0.2, 0) is 19.1 Å². The Bertz CT molecular complexity index is 1420. The van der Waals surface area contributed by atoms with E-state index in [2.05, 4.69) is 135 Å². The fourth-order valence-electron chi connectivity index (χ4n) is 7.90. The third kappa shape index (κ3) is 56.9. The van der Waals surface area contributed by atoms with Crippen molar-refractivity contribution in [2.75, 3.05) is 13.2 Å². The molecule has 0 saturated heterocycles. The third-order valence-corrected chi connectivity index (χ3v) is 12.2. The number of ether oxygens (including phenoxy) is 2. The number of carbonyl (C=O) groups is 2. The van der Waals surface area contributed by atoms with E-state index in [0.29, 0.717) is 12.8 Å². The summed E-state index contributed by atoms with van der Waals surface area (Å²) in [5, 5.41) is 9.65. The van der Waals surface area contributed by atoms with Crippen molar-refractivity contribution in [1.29, 1.82) is 0 Å². The van der Waals surface area contributed by atoms with E-state index in [-0.39, 0.29) is 25.2 Å². The number of hydrogen-bond donors (Lipinski definition) is 1. The van der Waals surface area contributed by atoms with Crippen molar-refractivity contribution in [3.05, 3.63) is 122 Å². The molecule has 0 aromatic heterocycles. The molecule has 0 fully saturated rings. The Kier molecular flexibility index (Phi) is 56.5. The first-order valence-electron chi connectivity index (χ1n) is 29.1. The molecule has 0 heterocycles. The first-order valence-corrected chi connectivity index (χ1v) is 29.1. The van der Waals surface area contributed by atoms with Gasteiger partial charge in [-0.05, 0) is 109 Å². The Morgan fingerprint density at radius 1 is 0.343 bits per heavy atom. The third-order valence-electron chi connectivity index (χ3n) is 12.2. The number of hydrogen-bond acceptors (Lipinski definition) is 5. The summed E-state index contributed by atoms with van der Waals surface area (Å²) in [5.74, 6) is -0.601. The van der Waals surface area contributed by atoms with Gasteiger partial charge in [-0.15, -0.1) is 0 Å². The van der Waals surface area contributed by atoms with Crippen molar-refractivity contribution in [2.45, 2.75) is 264 Å². The first-order chi connectivity index (χ1) is 34.6. The Labute approximate surface area is 433 Å². The van der Waals surface area contributed by atoms with Crippen LogP contribution in [0.5, 0.6) is 0 Å². The molecule has 1 unspecified atom stereocenters. The Hall–Kier alpha value is -3.70. The van der Waals surface area contributed by atoms with Gasteiger partial charge in [0.05, 0.1) is 6.61 Å². The molecule has 1 N–H and O–H groups in total. The number of carbonyl (C=O) groups excluding carboxylic acids is 2. The smallest absolute Gasteiger partial charge is 0.306 e. The van der Waals surface area contributed by atoms with Crippen molar-refractivity contribution in [3.63, 3.8) is 0 Å². The van der Waals surface area contributed by atoms with Crippen LogP contribution in [-0.4, -0.2) is 36.4 Å². The molecular weight excluding hydrogens is 861 g/mol. The second-order valence-corrected chi connectivity index (χ2v) is 19.0. The van der Waals surface area contributed by atoms with Crippen LogP contribution < -0.4 is 0 Å². The van der Waals surface area contributed by atoms with Crippen LogP contribution in [0.25, 0.3) is 0 Å². The lowest BCUT2D eigenvalue weighted by Crippen LogP contribution is -2.28. The molecule has 0 amide bonds. The monoisotopic (exact) mass is 969 g/mol. The molecule has 0 aliphatic heterocycles. The van der Waals surface area contributed by atoms with E-state index in [1.807, 2.05) is 0 Å². The molecule has 0 saturated carbocycles. The van der Waals surface area contributed by atoms with Gasteiger partial charge in [0, 0.05) is 12.8 Å². The minimum Gasteiger partial charge on any atom is -0.462 e. The van der Waals surface area contributed by atoms with Crippen molar-refractivity contribution < 1.29 is 24.2 Å². The van der Waals surface area contributed by atoms with Gasteiger partial charge in [0.2, 0.25) is 0 Å². The molecule has 0 aromatic carbocycles. The number of esters is 2. The normalized spacial score (nSPS) is 13.1. The minimum atomic E-state index is -0.784. The van der Waals surface area contributed by atoms with Gasteiger partial charge in [0.25, 0.3) is 0 Å². The molecule has 0 spiro atoms. The summed E-state index contributed by atoms with van der Waals surface area (Å²) in [4.78, 5) is 24.5. The van der Waals surface area contributed by atoms with Gasteiger partial charge in [0.15, 0.2) is 6.10 Å². The molecule has 0 aliphatic carbocycles. The highest BCUT2D eigenvalue weighted by Crippen LogP contribution is 2.15. The zero-order chi connectivity index (χ0) is 50.6. The van der Waals surface area contributed by atoms with Gasteiger partial charge in [0.1, 0.15) is 6.61 Å². The second kappa shape index (κ2) is 59.6. The summed E-state index contributed by atoms with van der Waals surface area (Å²) >= 11 is 0. The van der Waals surface area contributed by atoms with Crippen LogP contribution in [0.15, 0.2) is 122 Å². The van der Waals surface area contributed by atoms with Crippen LogP contribution in [0, 0.1) is 0 Å². The van der Waals surface area contributed by atoms with Crippen molar-refractivity contribution in [3.8, 4) is 0 Å². The van der Waals surface area contributed by atoms with Crippen LogP contribution >= 0.6 is 0 Å². The maximum atomic E-state index is 12.3. The Morgan fingerprint density at radius 2 is 0.614 bits per heavy atom. The lowest BCUT2D eigenvalue weighted by molar-refractivity contribution is -0.161. The number of aliphatic hydroxyl groups excluding tert-OH is 1. The molecule has 70 heavy (non-hydrogen) atoms. The summed E-state index contributed by atoms with van der Waals surface area (Å²) in [6.45, 7) is 4.02. The maximum absolute atomic E-state index is 12.3. The maximum Gasteiger partial charge on any atom is 0.306 e. The summed E-state index contributed by atoms with van der Waals surface area (Å²) < 4.78 is 10.7. The van der Waals surface area contributed by atoms with Crippen molar-refractivity contribution in [1.82, 2.24) is 0 Å². The summed E-state index contributed by atoms with van der Waals surface area (Å²) in [6, 6.07) is 0. The minimum absolute atomic E-state index is 0.0740. The zero-order valence-electron chi connectivity index (χ0n) is 45.5. The lowest BCUT2D eigenvalue weighted by atomic mass is 10.1. The highest BCUT2D eigenvalue weighted by atomic mass is 16.6. The van der Waals surface area contributed by atoms with Gasteiger partial charge in [-0.25, -0.2) is 0 Å². The van der Waals surface area contributed by atoms with E-state index >= 15 is 0 Å². The SMILES string of the molecule is CC/C=C\C/C=C\C/C=C\C/C=C\C/C=C\C/C=C\C/C=C\C/C=C\C/C=C\CCCCCCCCCCCC(=O)OC(CO)COC(=O)CCCCCCCCCCC/C=C\CCCCCCCC. The average molecular weight is 970 g/mol. The lowest BCUT2D eigenvalue weighted by Gasteiger charge is -2.15. The fourth-order valence-corrected chi connectivity index (χ4v) is 7.90. The van der Waals surface area contributed by atoms with Crippen molar-refractivity contribution >= 4 is 11.9 Å².